The van der Waals surface area contributed by atoms with Crippen molar-refractivity contribution in [2.45, 2.75) is 18.2 Å². The fraction of sp³-hybridized carbons (Fsp3) is 0.286. The third kappa shape index (κ3) is 5.98. The van der Waals surface area contributed by atoms with Crippen LogP contribution in [0.25, 0.3) is 11.4 Å². The second-order valence-electron chi connectivity index (χ2n) is 6.37. The van der Waals surface area contributed by atoms with Gasteiger partial charge in [0.25, 0.3) is 0 Å². The summed E-state index contributed by atoms with van der Waals surface area (Å²) in [6.07, 6.45) is 0. The maximum absolute atomic E-state index is 12.3. The molecule has 30 heavy (non-hydrogen) atoms. The quantitative estimate of drug-likeness (QED) is 0.479. The molecule has 0 fully saturated rings. The van der Waals surface area contributed by atoms with Crippen LogP contribution in [0.5, 0.6) is 5.75 Å². The molecule has 0 saturated carbocycles. The summed E-state index contributed by atoms with van der Waals surface area (Å²) in [5, 5.41) is 12.8. The van der Waals surface area contributed by atoms with Crippen molar-refractivity contribution in [1.82, 2.24) is 20.1 Å². The molecule has 1 amide bonds. The number of nitrogens with one attached hydrogen (secondary N) is 1. The number of carbonyl (C=O) groups is 1. The molecule has 0 radical (unpaired) electrons. The van der Waals surface area contributed by atoms with Crippen molar-refractivity contribution in [2.75, 3.05) is 26.6 Å². The molecule has 0 saturated heterocycles. The number of nitrogens with zero attached hydrogens (tertiary/aromatic N) is 3. The first-order valence-electron chi connectivity index (χ1n) is 9.31. The molecule has 1 aromatic heterocycles. The van der Waals surface area contributed by atoms with Crippen molar-refractivity contribution >= 4 is 29.3 Å². The number of amides is 1. The molecule has 1 heterocycles. The first-order chi connectivity index (χ1) is 14.6. The van der Waals surface area contributed by atoms with Gasteiger partial charge >= 0.3 is 0 Å². The average Bonchev–Trinajstić information content (AvgIpc) is 3.18. The van der Waals surface area contributed by atoms with Crippen LogP contribution in [0, 0.1) is 0 Å². The van der Waals surface area contributed by atoms with Crippen molar-refractivity contribution in [2.24, 2.45) is 0 Å². The van der Waals surface area contributed by atoms with E-state index in [4.69, 9.17) is 21.1 Å². The maximum atomic E-state index is 12.3. The molecule has 0 aliphatic carbocycles. The Morgan fingerprint density at radius 3 is 2.50 bits per heavy atom. The summed E-state index contributed by atoms with van der Waals surface area (Å²) in [6, 6.07) is 15.0. The van der Waals surface area contributed by atoms with E-state index in [1.165, 1.54) is 11.8 Å². The number of carbonyl (C=O) groups excluding carboxylic acids is 1. The molecule has 0 aliphatic heterocycles. The number of hydrogen-bond acceptors (Lipinski definition) is 6. The summed E-state index contributed by atoms with van der Waals surface area (Å²) in [7, 11) is 3.27. The number of rotatable bonds is 10. The molecule has 0 bridgehead atoms. The topological polar surface area (TPSA) is 78.3 Å². The number of benzene rings is 2. The largest absolute Gasteiger partial charge is 0.497 e. The van der Waals surface area contributed by atoms with Gasteiger partial charge in [-0.25, -0.2) is 0 Å². The summed E-state index contributed by atoms with van der Waals surface area (Å²) in [4.78, 5) is 12.3. The van der Waals surface area contributed by atoms with Gasteiger partial charge in [0.1, 0.15) is 5.75 Å². The average molecular weight is 447 g/mol. The molecule has 0 spiro atoms. The monoisotopic (exact) mass is 446 g/mol. The highest BCUT2D eigenvalue weighted by atomic mass is 35.5. The minimum Gasteiger partial charge on any atom is -0.497 e. The summed E-state index contributed by atoms with van der Waals surface area (Å²) in [5.41, 5.74) is 1.90. The molecule has 7 nitrogen and oxygen atoms in total. The highest BCUT2D eigenvalue weighted by Crippen LogP contribution is 2.25. The Morgan fingerprint density at radius 2 is 1.83 bits per heavy atom. The van der Waals surface area contributed by atoms with Gasteiger partial charge in [-0.1, -0.05) is 35.5 Å². The van der Waals surface area contributed by atoms with E-state index in [9.17, 15) is 4.79 Å². The standard InChI is InChI=1S/C21H23ClN4O3S/c1-28-12-11-26-20(16-5-7-17(22)8-6-16)24-25-21(26)30-14-19(27)23-13-15-3-9-18(29-2)10-4-15/h3-10H,11-14H2,1-2H3,(H,23,27). The Labute approximate surface area is 184 Å². The van der Waals surface area contributed by atoms with E-state index in [-0.39, 0.29) is 11.7 Å². The molecule has 3 aromatic rings. The molecule has 9 heteroatoms. The minimum atomic E-state index is -0.0786. The number of ether oxygens (including phenoxy) is 2. The van der Waals surface area contributed by atoms with Gasteiger partial charge in [-0.05, 0) is 42.0 Å². The van der Waals surface area contributed by atoms with Gasteiger partial charge in [0.15, 0.2) is 11.0 Å². The van der Waals surface area contributed by atoms with E-state index in [2.05, 4.69) is 15.5 Å². The number of hydrogen-bond donors (Lipinski definition) is 1. The SMILES string of the molecule is COCCn1c(SCC(=O)NCc2ccc(OC)cc2)nnc1-c1ccc(Cl)cc1. The van der Waals surface area contributed by atoms with Gasteiger partial charge in [0.2, 0.25) is 5.91 Å². The van der Waals surface area contributed by atoms with Gasteiger partial charge in [-0.2, -0.15) is 0 Å². The molecule has 2 aromatic carbocycles. The third-order valence-electron chi connectivity index (χ3n) is 4.32. The Bertz CT molecular complexity index is 961. The normalized spacial score (nSPS) is 10.8. The molecular weight excluding hydrogens is 424 g/mol. The lowest BCUT2D eigenvalue weighted by atomic mass is 10.2. The molecule has 158 valence electrons. The van der Waals surface area contributed by atoms with E-state index >= 15 is 0 Å². The summed E-state index contributed by atoms with van der Waals surface area (Å²) in [5.74, 6) is 1.66. The Balaban J connectivity index is 1.62. The highest BCUT2D eigenvalue weighted by molar-refractivity contribution is 7.99. The van der Waals surface area contributed by atoms with Crippen LogP contribution >= 0.6 is 23.4 Å². The summed E-state index contributed by atoms with van der Waals surface area (Å²) in [6.45, 7) is 1.54. The van der Waals surface area contributed by atoms with Gasteiger partial charge in [0, 0.05) is 24.2 Å². The Kier molecular flexibility index (Phi) is 8.12. The first kappa shape index (κ1) is 22.1. The number of thioether (sulfide) groups is 1. The second kappa shape index (κ2) is 11.0. The zero-order valence-electron chi connectivity index (χ0n) is 16.8. The fourth-order valence-electron chi connectivity index (χ4n) is 2.72. The Morgan fingerprint density at radius 1 is 1.10 bits per heavy atom. The van der Waals surface area contributed by atoms with Crippen LogP contribution in [0.1, 0.15) is 5.56 Å². The molecule has 3 rings (SSSR count). The van der Waals surface area contributed by atoms with E-state index < -0.39 is 0 Å². The van der Waals surface area contributed by atoms with E-state index in [1.807, 2.05) is 53.1 Å². The predicted molar refractivity (Wildman–Crippen MR) is 118 cm³/mol. The zero-order chi connectivity index (χ0) is 21.3. The second-order valence-corrected chi connectivity index (χ2v) is 7.75. The molecule has 0 aliphatic rings. The third-order valence-corrected chi connectivity index (χ3v) is 5.54. The Hall–Kier alpha value is -2.55. The van der Waals surface area contributed by atoms with Crippen molar-refractivity contribution < 1.29 is 14.3 Å². The fourth-order valence-corrected chi connectivity index (χ4v) is 3.64. The van der Waals surface area contributed by atoms with Crippen LogP contribution < -0.4 is 10.1 Å². The van der Waals surface area contributed by atoms with Crippen molar-refractivity contribution in [3.63, 3.8) is 0 Å². The maximum Gasteiger partial charge on any atom is 0.230 e. The van der Waals surface area contributed by atoms with Crippen LogP contribution in [-0.4, -0.2) is 47.3 Å². The highest BCUT2D eigenvalue weighted by Gasteiger charge is 2.15. The summed E-state index contributed by atoms with van der Waals surface area (Å²) < 4.78 is 12.3. The van der Waals surface area contributed by atoms with Gasteiger partial charge in [0.05, 0.1) is 26.0 Å². The van der Waals surface area contributed by atoms with E-state index in [1.54, 1.807) is 14.2 Å². The van der Waals surface area contributed by atoms with E-state index in [0.29, 0.717) is 35.7 Å². The van der Waals surface area contributed by atoms with Gasteiger partial charge in [-0.15, -0.1) is 10.2 Å². The zero-order valence-corrected chi connectivity index (χ0v) is 18.4. The smallest absolute Gasteiger partial charge is 0.230 e. The lowest BCUT2D eigenvalue weighted by Gasteiger charge is -2.10. The number of aromatic nitrogens is 3. The van der Waals surface area contributed by atoms with Crippen molar-refractivity contribution in [3.05, 3.63) is 59.1 Å². The van der Waals surface area contributed by atoms with E-state index in [0.717, 1.165) is 16.9 Å². The van der Waals surface area contributed by atoms with Crippen LogP contribution in [0.3, 0.4) is 0 Å². The minimum absolute atomic E-state index is 0.0786. The van der Waals surface area contributed by atoms with Crippen LogP contribution in [-0.2, 0) is 22.6 Å². The lowest BCUT2D eigenvalue weighted by Crippen LogP contribution is -2.24. The molecule has 0 atom stereocenters. The summed E-state index contributed by atoms with van der Waals surface area (Å²) >= 11 is 7.32. The van der Waals surface area contributed by atoms with Crippen molar-refractivity contribution in [3.8, 4) is 17.1 Å². The molecule has 0 unspecified atom stereocenters. The van der Waals surface area contributed by atoms with Crippen LogP contribution in [0.2, 0.25) is 5.02 Å². The first-order valence-corrected chi connectivity index (χ1v) is 10.7. The van der Waals surface area contributed by atoms with Gasteiger partial charge < -0.3 is 14.8 Å². The van der Waals surface area contributed by atoms with Crippen LogP contribution in [0.4, 0.5) is 0 Å². The molecular formula is C21H23ClN4O3S. The lowest BCUT2D eigenvalue weighted by molar-refractivity contribution is -0.118. The predicted octanol–water partition coefficient (Wildman–Crippen LogP) is 3.66. The number of halogens is 1. The van der Waals surface area contributed by atoms with Gasteiger partial charge in [-0.3, -0.25) is 9.36 Å². The molecule has 1 N–H and O–H groups in total. The van der Waals surface area contributed by atoms with Crippen LogP contribution in [0.15, 0.2) is 53.7 Å². The van der Waals surface area contributed by atoms with Crippen molar-refractivity contribution in [1.29, 1.82) is 0 Å². The number of methoxy groups -OCH3 is 2.